The molecule has 0 bridgehead atoms. The summed E-state index contributed by atoms with van der Waals surface area (Å²) in [6, 6.07) is 0. The molecule has 0 aliphatic carbocycles. The van der Waals surface area contributed by atoms with Gasteiger partial charge in [0.15, 0.2) is 0 Å². The average Bonchev–Trinajstić information content (AvgIpc) is 2.10. The Morgan fingerprint density at radius 2 is 2.00 bits per heavy atom. The van der Waals surface area contributed by atoms with Crippen molar-refractivity contribution in [3.05, 3.63) is 11.8 Å². The minimum absolute atomic E-state index is 0.0307. The van der Waals surface area contributed by atoms with E-state index in [2.05, 4.69) is 9.47 Å². The summed E-state index contributed by atoms with van der Waals surface area (Å²) in [4.78, 5) is 21.6. The number of esters is 2. The summed E-state index contributed by atoms with van der Waals surface area (Å²) in [6.45, 7) is 3.20. The van der Waals surface area contributed by atoms with Crippen molar-refractivity contribution in [3.63, 3.8) is 0 Å². The summed E-state index contributed by atoms with van der Waals surface area (Å²) in [5.74, 6) is -1.17. The van der Waals surface area contributed by atoms with Crippen LogP contribution in [0.15, 0.2) is 11.8 Å². The van der Waals surface area contributed by atoms with Crippen molar-refractivity contribution >= 4 is 11.9 Å². The van der Waals surface area contributed by atoms with Gasteiger partial charge in [0.05, 0.1) is 7.11 Å². The molecule has 0 saturated heterocycles. The summed E-state index contributed by atoms with van der Waals surface area (Å²) in [6.07, 6.45) is 3.10. The van der Waals surface area contributed by atoms with Gasteiger partial charge in [-0.15, -0.1) is 0 Å². The summed E-state index contributed by atoms with van der Waals surface area (Å²) in [5.41, 5.74) is 0. The van der Waals surface area contributed by atoms with Gasteiger partial charge in [-0.05, 0) is 12.5 Å². The Kier molecular flexibility index (Phi) is 5.59. The average molecular weight is 186 g/mol. The molecule has 4 heteroatoms. The SMILES string of the molecule is CCC/C=C(\OC(C)=O)C(=O)OC. The smallest absolute Gasteiger partial charge is 0.373 e. The third kappa shape index (κ3) is 5.00. The molecule has 0 amide bonds. The van der Waals surface area contributed by atoms with E-state index >= 15 is 0 Å². The van der Waals surface area contributed by atoms with E-state index in [1.165, 1.54) is 14.0 Å². The fourth-order valence-electron chi connectivity index (χ4n) is 0.698. The molecule has 0 unspecified atom stereocenters. The lowest BCUT2D eigenvalue weighted by Crippen LogP contribution is -2.11. The highest BCUT2D eigenvalue weighted by Crippen LogP contribution is 2.03. The van der Waals surface area contributed by atoms with Crippen molar-refractivity contribution in [1.82, 2.24) is 0 Å². The first-order valence-corrected chi connectivity index (χ1v) is 4.08. The van der Waals surface area contributed by atoms with Gasteiger partial charge in [-0.3, -0.25) is 4.79 Å². The highest BCUT2D eigenvalue weighted by atomic mass is 16.6. The molecule has 0 rings (SSSR count). The Hall–Kier alpha value is -1.32. The zero-order valence-electron chi connectivity index (χ0n) is 8.12. The lowest BCUT2D eigenvalue weighted by molar-refractivity contribution is -0.148. The van der Waals surface area contributed by atoms with Gasteiger partial charge in [0, 0.05) is 6.92 Å². The monoisotopic (exact) mass is 186 g/mol. The van der Waals surface area contributed by atoms with Crippen LogP contribution in [0.4, 0.5) is 0 Å². The van der Waals surface area contributed by atoms with Gasteiger partial charge < -0.3 is 9.47 Å². The van der Waals surface area contributed by atoms with Crippen LogP contribution in [0.25, 0.3) is 0 Å². The molecule has 0 aromatic heterocycles. The molecular weight excluding hydrogens is 172 g/mol. The van der Waals surface area contributed by atoms with Crippen LogP contribution in [0.2, 0.25) is 0 Å². The number of ether oxygens (including phenoxy) is 2. The van der Waals surface area contributed by atoms with Crippen molar-refractivity contribution in [2.45, 2.75) is 26.7 Å². The maximum atomic E-state index is 11.0. The zero-order chi connectivity index (χ0) is 10.3. The molecule has 0 radical (unpaired) electrons. The molecule has 0 spiro atoms. The van der Waals surface area contributed by atoms with Crippen LogP contribution in [-0.2, 0) is 19.1 Å². The summed E-state index contributed by atoms with van der Waals surface area (Å²) in [7, 11) is 1.24. The van der Waals surface area contributed by atoms with E-state index in [4.69, 9.17) is 0 Å². The Bertz CT molecular complexity index is 218. The highest BCUT2D eigenvalue weighted by Gasteiger charge is 2.12. The maximum absolute atomic E-state index is 11.0. The second-order valence-corrected chi connectivity index (χ2v) is 2.44. The van der Waals surface area contributed by atoms with E-state index in [9.17, 15) is 9.59 Å². The number of methoxy groups -OCH3 is 1. The van der Waals surface area contributed by atoms with Crippen LogP contribution in [-0.4, -0.2) is 19.0 Å². The third-order valence-electron chi connectivity index (χ3n) is 1.26. The van der Waals surface area contributed by atoms with Crippen LogP contribution >= 0.6 is 0 Å². The van der Waals surface area contributed by atoms with E-state index in [0.29, 0.717) is 6.42 Å². The largest absolute Gasteiger partial charge is 0.463 e. The van der Waals surface area contributed by atoms with Crippen LogP contribution in [0, 0.1) is 0 Å². The van der Waals surface area contributed by atoms with Crippen molar-refractivity contribution in [2.24, 2.45) is 0 Å². The van der Waals surface area contributed by atoms with Crippen LogP contribution in [0.1, 0.15) is 26.7 Å². The van der Waals surface area contributed by atoms with E-state index in [-0.39, 0.29) is 5.76 Å². The van der Waals surface area contributed by atoms with Gasteiger partial charge in [-0.1, -0.05) is 13.3 Å². The van der Waals surface area contributed by atoms with Gasteiger partial charge in [0.1, 0.15) is 0 Å². The minimum Gasteiger partial charge on any atom is -0.463 e. The standard InChI is InChI=1S/C9H14O4/c1-4-5-6-8(9(11)12-3)13-7(2)10/h6H,4-5H2,1-3H3/b8-6-. The molecular formula is C9H14O4. The second-order valence-electron chi connectivity index (χ2n) is 2.44. The number of carbonyl (C=O) groups excluding carboxylic acids is 2. The Labute approximate surface area is 77.5 Å². The lowest BCUT2D eigenvalue weighted by Gasteiger charge is -2.03. The van der Waals surface area contributed by atoms with Gasteiger partial charge in [-0.2, -0.15) is 0 Å². The third-order valence-corrected chi connectivity index (χ3v) is 1.26. The Morgan fingerprint density at radius 1 is 1.38 bits per heavy atom. The first-order chi connectivity index (χ1) is 6.11. The van der Waals surface area contributed by atoms with E-state index in [0.717, 1.165) is 6.42 Å². The summed E-state index contributed by atoms with van der Waals surface area (Å²) >= 11 is 0. The van der Waals surface area contributed by atoms with Crippen molar-refractivity contribution in [1.29, 1.82) is 0 Å². The molecule has 0 aliphatic rings. The highest BCUT2D eigenvalue weighted by molar-refractivity contribution is 5.89. The van der Waals surface area contributed by atoms with Crippen LogP contribution < -0.4 is 0 Å². The van der Waals surface area contributed by atoms with Gasteiger partial charge >= 0.3 is 11.9 Å². The molecule has 0 aromatic rings. The Balaban J connectivity index is 4.35. The van der Waals surface area contributed by atoms with Crippen molar-refractivity contribution in [2.75, 3.05) is 7.11 Å². The first-order valence-electron chi connectivity index (χ1n) is 4.08. The van der Waals surface area contributed by atoms with Crippen LogP contribution in [0.3, 0.4) is 0 Å². The van der Waals surface area contributed by atoms with Crippen LogP contribution in [0.5, 0.6) is 0 Å². The first kappa shape index (κ1) is 11.7. The van der Waals surface area contributed by atoms with Crippen molar-refractivity contribution < 1.29 is 19.1 Å². The topological polar surface area (TPSA) is 52.6 Å². The summed E-state index contributed by atoms with van der Waals surface area (Å²) in [5, 5.41) is 0. The molecule has 0 heterocycles. The fraction of sp³-hybridized carbons (Fsp3) is 0.556. The van der Waals surface area contributed by atoms with Gasteiger partial charge in [-0.25, -0.2) is 4.79 Å². The summed E-state index contributed by atoms with van der Waals surface area (Å²) < 4.78 is 9.08. The number of hydrogen-bond donors (Lipinski definition) is 0. The molecule has 0 saturated carbocycles. The molecule has 74 valence electrons. The number of allylic oxidation sites excluding steroid dienone is 1. The molecule has 0 N–H and O–H groups in total. The predicted octanol–water partition coefficient (Wildman–Crippen LogP) is 1.41. The lowest BCUT2D eigenvalue weighted by atomic mass is 10.3. The molecule has 0 aromatic carbocycles. The van der Waals surface area contributed by atoms with Crippen molar-refractivity contribution in [3.8, 4) is 0 Å². The second kappa shape index (κ2) is 6.22. The predicted molar refractivity (Wildman–Crippen MR) is 46.8 cm³/mol. The normalized spacial score (nSPS) is 10.8. The van der Waals surface area contributed by atoms with E-state index in [1.807, 2.05) is 6.92 Å². The number of hydrogen-bond acceptors (Lipinski definition) is 4. The number of carbonyl (C=O) groups is 2. The number of rotatable bonds is 4. The van der Waals surface area contributed by atoms with E-state index in [1.54, 1.807) is 6.08 Å². The quantitative estimate of drug-likeness (QED) is 0.378. The molecule has 13 heavy (non-hydrogen) atoms. The Morgan fingerprint density at radius 3 is 2.38 bits per heavy atom. The van der Waals surface area contributed by atoms with E-state index < -0.39 is 11.9 Å². The van der Waals surface area contributed by atoms with Gasteiger partial charge in [0.2, 0.25) is 5.76 Å². The molecule has 4 nitrogen and oxygen atoms in total. The minimum atomic E-state index is -0.622. The van der Waals surface area contributed by atoms with Gasteiger partial charge in [0.25, 0.3) is 0 Å². The fourth-order valence-corrected chi connectivity index (χ4v) is 0.698. The molecule has 0 aliphatic heterocycles. The zero-order valence-corrected chi connectivity index (χ0v) is 8.12. The molecule has 0 fully saturated rings. The number of unbranched alkanes of at least 4 members (excludes halogenated alkanes) is 1. The molecule has 0 atom stereocenters. The maximum Gasteiger partial charge on any atom is 0.373 e.